The van der Waals surface area contributed by atoms with Gasteiger partial charge in [0.1, 0.15) is 13.2 Å². The van der Waals surface area contributed by atoms with Crippen molar-refractivity contribution in [2.75, 3.05) is 13.2 Å². The molecule has 0 bridgehead atoms. The van der Waals surface area contributed by atoms with Crippen molar-refractivity contribution in [1.82, 2.24) is 0 Å². The summed E-state index contributed by atoms with van der Waals surface area (Å²) in [6.07, 6.45) is 0. The van der Waals surface area contributed by atoms with E-state index in [0.717, 1.165) is 5.56 Å². The normalized spacial score (nSPS) is 9.79. The molecule has 0 saturated carbocycles. The standard InChI is InChI=1S/C14H17NO4/c1-10(2)13(16)19-9-11-3-5-12(6-4-11)14(17)18-8-7-15/h3-6H,1,7-9,15H2,2H3. The Morgan fingerprint density at radius 3 is 2.37 bits per heavy atom. The van der Waals surface area contributed by atoms with Gasteiger partial charge in [0.25, 0.3) is 0 Å². The maximum absolute atomic E-state index is 11.5. The molecule has 0 aromatic heterocycles. The van der Waals surface area contributed by atoms with Crippen LogP contribution in [0.4, 0.5) is 0 Å². The summed E-state index contributed by atoms with van der Waals surface area (Å²) in [7, 11) is 0. The van der Waals surface area contributed by atoms with E-state index in [-0.39, 0.29) is 13.2 Å². The Hall–Kier alpha value is -2.14. The lowest BCUT2D eigenvalue weighted by molar-refractivity contribution is -0.140. The van der Waals surface area contributed by atoms with Gasteiger partial charge in [0.15, 0.2) is 0 Å². The molecule has 5 nitrogen and oxygen atoms in total. The van der Waals surface area contributed by atoms with E-state index in [0.29, 0.717) is 17.7 Å². The molecule has 0 amide bonds. The molecule has 1 aromatic carbocycles. The highest BCUT2D eigenvalue weighted by Gasteiger charge is 2.07. The van der Waals surface area contributed by atoms with Crippen molar-refractivity contribution in [3.05, 3.63) is 47.5 Å². The fourth-order valence-electron chi connectivity index (χ4n) is 1.24. The Morgan fingerprint density at radius 1 is 1.21 bits per heavy atom. The van der Waals surface area contributed by atoms with Gasteiger partial charge in [-0.3, -0.25) is 0 Å². The fraction of sp³-hybridized carbons (Fsp3) is 0.286. The third-order valence-corrected chi connectivity index (χ3v) is 2.26. The molecule has 0 fully saturated rings. The number of carbonyl (C=O) groups excluding carboxylic acids is 2. The highest BCUT2D eigenvalue weighted by Crippen LogP contribution is 2.08. The molecule has 0 aliphatic rings. The molecule has 102 valence electrons. The minimum atomic E-state index is -0.438. The molecule has 0 aliphatic heterocycles. The van der Waals surface area contributed by atoms with Crippen molar-refractivity contribution in [3.8, 4) is 0 Å². The molecule has 5 heteroatoms. The van der Waals surface area contributed by atoms with E-state index in [2.05, 4.69) is 6.58 Å². The van der Waals surface area contributed by atoms with E-state index < -0.39 is 11.9 Å². The number of carbonyl (C=O) groups is 2. The zero-order chi connectivity index (χ0) is 14.3. The van der Waals surface area contributed by atoms with Crippen LogP contribution < -0.4 is 5.73 Å². The van der Waals surface area contributed by atoms with Gasteiger partial charge in [-0.25, -0.2) is 9.59 Å². The lowest BCUT2D eigenvalue weighted by Gasteiger charge is -2.06. The van der Waals surface area contributed by atoms with E-state index in [4.69, 9.17) is 15.2 Å². The molecule has 2 N–H and O–H groups in total. The van der Waals surface area contributed by atoms with Gasteiger partial charge in [-0.2, -0.15) is 0 Å². The van der Waals surface area contributed by atoms with Crippen molar-refractivity contribution < 1.29 is 19.1 Å². The van der Waals surface area contributed by atoms with Crippen LogP contribution in [0, 0.1) is 0 Å². The van der Waals surface area contributed by atoms with Crippen LogP contribution in [0.3, 0.4) is 0 Å². The molecule has 0 atom stereocenters. The van der Waals surface area contributed by atoms with Crippen LogP contribution in [0.1, 0.15) is 22.8 Å². The predicted octanol–water partition coefficient (Wildman–Crippen LogP) is 1.42. The first kappa shape index (κ1) is 14.9. The van der Waals surface area contributed by atoms with Gasteiger partial charge in [0.2, 0.25) is 0 Å². The van der Waals surface area contributed by atoms with Gasteiger partial charge >= 0.3 is 11.9 Å². The fourth-order valence-corrected chi connectivity index (χ4v) is 1.24. The molecule has 1 aromatic rings. The van der Waals surface area contributed by atoms with Crippen LogP contribution in [0.25, 0.3) is 0 Å². The minimum absolute atomic E-state index is 0.143. The molecule has 0 saturated heterocycles. The number of ether oxygens (including phenoxy) is 2. The van der Waals surface area contributed by atoms with Gasteiger partial charge in [0, 0.05) is 12.1 Å². The first-order valence-electron chi connectivity index (χ1n) is 5.83. The molecule has 1 rings (SSSR count). The molecule has 19 heavy (non-hydrogen) atoms. The van der Waals surface area contributed by atoms with E-state index in [9.17, 15) is 9.59 Å². The largest absolute Gasteiger partial charge is 0.461 e. The average molecular weight is 263 g/mol. The highest BCUT2D eigenvalue weighted by atomic mass is 16.5. The molecule has 0 unspecified atom stereocenters. The number of benzene rings is 1. The SMILES string of the molecule is C=C(C)C(=O)OCc1ccc(C(=O)OCCN)cc1. The number of hydrogen-bond donors (Lipinski definition) is 1. The van der Waals surface area contributed by atoms with Crippen molar-refractivity contribution in [1.29, 1.82) is 0 Å². The summed E-state index contributed by atoms with van der Waals surface area (Å²) in [6.45, 7) is 5.70. The summed E-state index contributed by atoms with van der Waals surface area (Å²) in [5.41, 5.74) is 6.80. The molecular formula is C14H17NO4. The summed E-state index contributed by atoms with van der Waals surface area (Å²) >= 11 is 0. The van der Waals surface area contributed by atoms with Crippen molar-refractivity contribution in [2.24, 2.45) is 5.73 Å². The first-order valence-corrected chi connectivity index (χ1v) is 5.83. The maximum Gasteiger partial charge on any atom is 0.338 e. The van der Waals surface area contributed by atoms with Gasteiger partial charge in [-0.05, 0) is 24.6 Å². The smallest absolute Gasteiger partial charge is 0.338 e. The van der Waals surface area contributed by atoms with Crippen molar-refractivity contribution in [3.63, 3.8) is 0 Å². The maximum atomic E-state index is 11.5. The number of esters is 2. The Morgan fingerprint density at radius 2 is 1.84 bits per heavy atom. The van der Waals surface area contributed by atoms with Crippen LogP contribution in [-0.4, -0.2) is 25.1 Å². The zero-order valence-electron chi connectivity index (χ0n) is 10.8. The summed E-state index contributed by atoms with van der Waals surface area (Å²) in [6, 6.07) is 6.63. The van der Waals surface area contributed by atoms with E-state index >= 15 is 0 Å². The minimum Gasteiger partial charge on any atom is -0.461 e. The van der Waals surface area contributed by atoms with Crippen molar-refractivity contribution in [2.45, 2.75) is 13.5 Å². The van der Waals surface area contributed by atoms with Gasteiger partial charge in [0.05, 0.1) is 5.56 Å². The van der Waals surface area contributed by atoms with Crippen molar-refractivity contribution >= 4 is 11.9 Å². The number of hydrogen-bond acceptors (Lipinski definition) is 5. The lowest BCUT2D eigenvalue weighted by atomic mass is 10.1. The van der Waals surface area contributed by atoms with Crippen LogP contribution in [-0.2, 0) is 20.9 Å². The average Bonchev–Trinajstić information content (AvgIpc) is 2.42. The molecular weight excluding hydrogens is 246 g/mol. The number of rotatable bonds is 6. The van der Waals surface area contributed by atoms with Gasteiger partial charge in [-0.15, -0.1) is 0 Å². The summed E-state index contributed by atoms with van der Waals surface area (Å²) in [5.74, 6) is -0.859. The second-order valence-electron chi connectivity index (χ2n) is 3.98. The van der Waals surface area contributed by atoms with Crippen LogP contribution in [0.5, 0.6) is 0 Å². The van der Waals surface area contributed by atoms with Crippen LogP contribution in [0.15, 0.2) is 36.4 Å². The molecule has 0 heterocycles. The van der Waals surface area contributed by atoms with Crippen LogP contribution in [0.2, 0.25) is 0 Å². The van der Waals surface area contributed by atoms with Crippen LogP contribution >= 0.6 is 0 Å². The van der Waals surface area contributed by atoms with Gasteiger partial charge in [-0.1, -0.05) is 18.7 Å². The topological polar surface area (TPSA) is 78.6 Å². The highest BCUT2D eigenvalue weighted by molar-refractivity contribution is 5.89. The lowest BCUT2D eigenvalue weighted by Crippen LogP contribution is -2.13. The second-order valence-corrected chi connectivity index (χ2v) is 3.98. The third-order valence-electron chi connectivity index (χ3n) is 2.26. The Bertz CT molecular complexity index is 465. The van der Waals surface area contributed by atoms with E-state index in [1.54, 1.807) is 31.2 Å². The van der Waals surface area contributed by atoms with E-state index in [1.165, 1.54) is 0 Å². The third kappa shape index (κ3) is 4.93. The predicted molar refractivity (Wildman–Crippen MR) is 70.4 cm³/mol. The zero-order valence-corrected chi connectivity index (χ0v) is 10.8. The summed E-state index contributed by atoms with van der Waals surface area (Å²) < 4.78 is 9.87. The summed E-state index contributed by atoms with van der Waals surface area (Å²) in [4.78, 5) is 22.7. The Kier molecular flexibility index (Phi) is 5.75. The Labute approximate surface area is 112 Å². The molecule has 0 aliphatic carbocycles. The number of nitrogens with two attached hydrogens (primary N) is 1. The summed E-state index contributed by atoms with van der Waals surface area (Å²) in [5, 5.41) is 0. The quantitative estimate of drug-likeness (QED) is 0.620. The second kappa shape index (κ2) is 7.33. The molecule has 0 spiro atoms. The van der Waals surface area contributed by atoms with Gasteiger partial charge < -0.3 is 15.2 Å². The molecule has 0 radical (unpaired) electrons. The van der Waals surface area contributed by atoms with E-state index in [1.807, 2.05) is 0 Å². The monoisotopic (exact) mass is 263 g/mol. The Balaban J connectivity index is 2.54. The first-order chi connectivity index (χ1) is 9.04.